The minimum Gasteiger partial charge on any atom is -0.462 e. The Balaban J connectivity index is 1.91. The summed E-state index contributed by atoms with van der Waals surface area (Å²) in [6, 6.07) is 9.53. The highest BCUT2D eigenvalue weighted by Crippen LogP contribution is 2.34. The lowest BCUT2D eigenvalue weighted by Gasteiger charge is -2.11. The zero-order valence-electron chi connectivity index (χ0n) is 12.7. The summed E-state index contributed by atoms with van der Waals surface area (Å²) < 4.78 is 18.5. The third-order valence-corrected chi connectivity index (χ3v) is 4.30. The molecule has 1 aromatic heterocycles. The largest absolute Gasteiger partial charge is 0.462 e. The molecule has 0 aliphatic carbocycles. The number of thioether (sulfide) groups is 1. The Morgan fingerprint density at radius 2 is 2.00 bits per heavy atom. The lowest BCUT2D eigenvalue weighted by Crippen LogP contribution is -2.28. The van der Waals surface area contributed by atoms with E-state index >= 15 is 0 Å². The summed E-state index contributed by atoms with van der Waals surface area (Å²) >= 11 is 1.29. The van der Waals surface area contributed by atoms with Crippen LogP contribution in [0.5, 0.6) is 0 Å². The number of carbonyl (C=O) groups is 1. The van der Waals surface area contributed by atoms with E-state index in [4.69, 9.17) is 4.42 Å². The van der Waals surface area contributed by atoms with Crippen LogP contribution in [0.15, 0.2) is 50.7 Å². The maximum absolute atomic E-state index is 13.0. The van der Waals surface area contributed by atoms with Gasteiger partial charge < -0.3 is 4.42 Å². The van der Waals surface area contributed by atoms with Gasteiger partial charge in [0.1, 0.15) is 17.3 Å². The number of hydrogen-bond donors (Lipinski definition) is 0. The molecule has 4 nitrogen and oxygen atoms in total. The van der Waals surface area contributed by atoms with E-state index in [0.29, 0.717) is 28.1 Å². The number of furan rings is 1. The Morgan fingerprint density at radius 3 is 2.61 bits per heavy atom. The first-order valence-electron chi connectivity index (χ1n) is 7.19. The van der Waals surface area contributed by atoms with Crippen LogP contribution in [0.25, 0.3) is 6.08 Å². The van der Waals surface area contributed by atoms with E-state index in [1.54, 1.807) is 23.1 Å². The normalized spacial score (nSPS) is 18.4. The monoisotopic (exact) mass is 330 g/mol. The van der Waals surface area contributed by atoms with Gasteiger partial charge >= 0.3 is 0 Å². The number of halogens is 1. The number of amidine groups is 1. The molecule has 1 aliphatic rings. The predicted octanol–water partition coefficient (Wildman–Crippen LogP) is 4.35. The smallest absolute Gasteiger partial charge is 0.266 e. The number of likely N-dealkylation sites (N-methyl/N-ethyl adjacent to an activating group) is 1. The highest BCUT2D eigenvalue weighted by Gasteiger charge is 2.32. The van der Waals surface area contributed by atoms with Crippen molar-refractivity contribution in [1.82, 2.24) is 4.90 Å². The van der Waals surface area contributed by atoms with Crippen LogP contribution in [-0.4, -0.2) is 22.5 Å². The molecule has 0 bridgehead atoms. The van der Waals surface area contributed by atoms with Crippen LogP contribution in [0, 0.1) is 12.7 Å². The second-order valence-electron chi connectivity index (χ2n) is 4.98. The molecule has 0 radical (unpaired) electrons. The Bertz CT molecular complexity index is 793. The third kappa shape index (κ3) is 3.37. The van der Waals surface area contributed by atoms with E-state index in [1.807, 2.05) is 26.0 Å². The molecule has 118 valence electrons. The van der Waals surface area contributed by atoms with E-state index in [2.05, 4.69) is 4.99 Å². The fraction of sp³-hybridized carbons (Fsp3) is 0.176. The number of benzene rings is 1. The van der Waals surface area contributed by atoms with Gasteiger partial charge in [0.15, 0.2) is 5.17 Å². The van der Waals surface area contributed by atoms with Crippen molar-refractivity contribution in [2.75, 3.05) is 6.54 Å². The van der Waals surface area contributed by atoms with E-state index < -0.39 is 0 Å². The summed E-state index contributed by atoms with van der Waals surface area (Å²) in [6.45, 7) is 4.25. The minimum absolute atomic E-state index is 0.104. The number of aliphatic imine (C=N–C) groups is 1. The van der Waals surface area contributed by atoms with E-state index in [0.717, 1.165) is 5.76 Å². The number of aryl methyl sites for hydroxylation is 1. The molecular weight excluding hydrogens is 315 g/mol. The van der Waals surface area contributed by atoms with Crippen molar-refractivity contribution < 1.29 is 13.6 Å². The molecule has 2 heterocycles. The second-order valence-corrected chi connectivity index (χ2v) is 5.99. The molecule has 2 aromatic rings. The average Bonchev–Trinajstić information content (AvgIpc) is 3.06. The zero-order chi connectivity index (χ0) is 16.4. The first kappa shape index (κ1) is 15.6. The van der Waals surface area contributed by atoms with Crippen LogP contribution in [0.4, 0.5) is 10.1 Å². The fourth-order valence-electron chi connectivity index (χ4n) is 2.16. The van der Waals surface area contributed by atoms with Gasteiger partial charge in [-0.15, -0.1) is 0 Å². The summed E-state index contributed by atoms with van der Waals surface area (Å²) in [5, 5.41) is 0.582. The maximum atomic E-state index is 13.0. The highest BCUT2D eigenvalue weighted by molar-refractivity contribution is 8.18. The van der Waals surface area contributed by atoms with Crippen molar-refractivity contribution in [3.05, 3.63) is 58.6 Å². The number of amides is 1. The predicted molar refractivity (Wildman–Crippen MR) is 89.9 cm³/mol. The minimum atomic E-state index is -0.315. The van der Waals surface area contributed by atoms with Gasteiger partial charge in [-0.3, -0.25) is 9.69 Å². The van der Waals surface area contributed by atoms with Crippen LogP contribution in [0.1, 0.15) is 18.4 Å². The molecule has 1 amide bonds. The first-order valence-corrected chi connectivity index (χ1v) is 8.00. The van der Waals surface area contributed by atoms with Crippen LogP contribution >= 0.6 is 11.8 Å². The van der Waals surface area contributed by atoms with Gasteiger partial charge in [-0.1, -0.05) is 0 Å². The zero-order valence-corrected chi connectivity index (χ0v) is 13.6. The molecule has 1 aromatic carbocycles. The molecule has 23 heavy (non-hydrogen) atoms. The van der Waals surface area contributed by atoms with Gasteiger partial charge in [-0.05, 0) is 62.0 Å². The van der Waals surface area contributed by atoms with Gasteiger partial charge in [0, 0.05) is 12.6 Å². The molecular formula is C17H15FN2O2S. The maximum Gasteiger partial charge on any atom is 0.266 e. The van der Waals surface area contributed by atoms with Crippen LogP contribution in [0.3, 0.4) is 0 Å². The summed E-state index contributed by atoms with van der Waals surface area (Å²) in [7, 11) is 0. The van der Waals surface area contributed by atoms with Crippen LogP contribution in [-0.2, 0) is 4.79 Å². The van der Waals surface area contributed by atoms with Crippen molar-refractivity contribution in [2.45, 2.75) is 13.8 Å². The van der Waals surface area contributed by atoms with E-state index in [1.165, 1.54) is 23.9 Å². The van der Waals surface area contributed by atoms with Gasteiger partial charge in [0.05, 0.1) is 10.6 Å². The molecule has 6 heteroatoms. The van der Waals surface area contributed by atoms with E-state index in [-0.39, 0.29) is 11.7 Å². The van der Waals surface area contributed by atoms with Crippen molar-refractivity contribution in [1.29, 1.82) is 0 Å². The Labute approximate surface area is 137 Å². The second kappa shape index (κ2) is 6.42. The van der Waals surface area contributed by atoms with Crippen molar-refractivity contribution in [3.63, 3.8) is 0 Å². The number of nitrogens with zero attached hydrogens (tertiary/aromatic N) is 2. The molecule has 0 unspecified atom stereocenters. The fourth-order valence-corrected chi connectivity index (χ4v) is 3.20. The molecule has 0 N–H and O–H groups in total. The standard InChI is InChI=1S/C17H15FN2O2S/c1-3-20-16(21)15(10-14-9-4-11(2)22-14)23-17(20)19-13-7-5-12(18)6-8-13/h4-10H,3H2,1-2H3. The SMILES string of the molecule is CCN1C(=O)C(=Cc2ccc(C)o2)SC1=Nc1ccc(F)cc1. The summed E-state index contributed by atoms with van der Waals surface area (Å²) in [5.74, 6) is 1.01. The molecule has 1 saturated heterocycles. The molecule has 1 fully saturated rings. The molecule has 0 spiro atoms. The van der Waals surface area contributed by atoms with Crippen molar-refractivity contribution in [2.24, 2.45) is 4.99 Å². The number of rotatable bonds is 3. The molecule has 3 rings (SSSR count). The molecule has 1 aliphatic heterocycles. The quantitative estimate of drug-likeness (QED) is 0.786. The first-order chi connectivity index (χ1) is 11.1. The highest BCUT2D eigenvalue weighted by atomic mass is 32.2. The Morgan fingerprint density at radius 1 is 1.26 bits per heavy atom. The topological polar surface area (TPSA) is 45.8 Å². The Kier molecular flexibility index (Phi) is 4.34. The average molecular weight is 330 g/mol. The van der Waals surface area contributed by atoms with Gasteiger partial charge in [0.25, 0.3) is 5.91 Å². The number of carbonyl (C=O) groups excluding carboxylic acids is 1. The molecule has 0 atom stereocenters. The lowest BCUT2D eigenvalue weighted by molar-refractivity contribution is -0.122. The molecule has 0 saturated carbocycles. The summed E-state index contributed by atoms with van der Waals surface area (Å²) in [5.41, 5.74) is 0.607. The number of hydrogen-bond acceptors (Lipinski definition) is 4. The van der Waals surface area contributed by atoms with Crippen LogP contribution in [0.2, 0.25) is 0 Å². The summed E-state index contributed by atoms with van der Waals surface area (Å²) in [6.07, 6.45) is 1.72. The van der Waals surface area contributed by atoms with Crippen molar-refractivity contribution >= 4 is 34.6 Å². The lowest BCUT2D eigenvalue weighted by atomic mass is 10.3. The van der Waals surface area contributed by atoms with Gasteiger partial charge in [-0.2, -0.15) is 0 Å². The van der Waals surface area contributed by atoms with Crippen LogP contribution < -0.4 is 0 Å². The third-order valence-electron chi connectivity index (χ3n) is 3.29. The Hall–Kier alpha value is -2.34. The summed E-state index contributed by atoms with van der Waals surface area (Å²) in [4.78, 5) is 19.1. The van der Waals surface area contributed by atoms with Gasteiger partial charge in [0.2, 0.25) is 0 Å². The van der Waals surface area contributed by atoms with Crippen molar-refractivity contribution in [3.8, 4) is 0 Å². The van der Waals surface area contributed by atoms with Gasteiger partial charge in [-0.25, -0.2) is 9.38 Å². The van der Waals surface area contributed by atoms with E-state index in [9.17, 15) is 9.18 Å².